The van der Waals surface area contributed by atoms with Crippen LogP contribution in [-0.2, 0) is 10.0 Å². The van der Waals surface area contributed by atoms with Crippen molar-refractivity contribution in [3.8, 4) is 0 Å². The van der Waals surface area contributed by atoms with E-state index >= 15 is 0 Å². The van der Waals surface area contributed by atoms with Crippen molar-refractivity contribution in [2.45, 2.75) is 58.4 Å². The normalized spacial score (nSPS) is 23.6. The standard InChI is InChI=1S/C16H34N4O2S/c1-13-7-6-8-14(11-13)9-10-18-15(17-4)19-12-16(2,3)20-23(5,21)22/h13-14,20H,6-12H2,1-5H3,(H2,17,18,19). The van der Waals surface area contributed by atoms with Gasteiger partial charge in [-0.3, -0.25) is 4.99 Å². The predicted octanol–water partition coefficient (Wildman–Crippen LogP) is 1.70. The Balaban J connectivity index is 2.32. The zero-order chi connectivity index (χ0) is 17.5. The highest BCUT2D eigenvalue weighted by Gasteiger charge is 2.22. The highest BCUT2D eigenvalue weighted by atomic mass is 32.2. The smallest absolute Gasteiger partial charge is 0.209 e. The maximum atomic E-state index is 11.3. The first-order valence-corrected chi connectivity index (χ1v) is 10.4. The van der Waals surface area contributed by atoms with Crippen molar-refractivity contribution < 1.29 is 8.42 Å². The molecule has 2 unspecified atom stereocenters. The van der Waals surface area contributed by atoms with Crippen molar-refractivity contribution in [1.29, 1.82) is 0 Å². The van der Waals surface area contributed by atoms with Gasteiger partial charge in [0.05, 0.1) is 6.26 Å². The molecule has 0 heterocycles. The Morgan fingerprint density at radius 2 is 1.96 bits per heavy atom. The lowest BCUT2D eigenvalue weighted by molar-refractivity contribution is 0.270. The summed E-state index contributed by atoms with van der Waals surface area (Å²) in [6.45, 7) is 7.41. The molecule has 1 aliphatic carbocycles. The van der Waals surface area contributed by atoms with Crippen LogP contribution in [0.4, 0.5) is 0 Å². The summed E-state index contributed by atoms with van der Waals surface area (Å²) in [6.07, 6.45) is 7.73. The monoisotopic (exact) mass is 346 g/mol. The molecule has 0 radical (unpaired) electrons. The lowest BCUT2D eigenvalue weighted by Gasteiger charge is -2.28. The van der Waals surface area contributed by atoms with Gasteiger partial charge in [0.2, 0.25) is 10.0 Å². The van der Waals surface area contributed by atoms with Crippen LogP contribution in [0.3, 0.4) is 0 Å². The fourth-order valence-electron chi connectivity index (χ4n) is 3.28. The second kappa shape index (κ2) is 8.87. The summed E-state index contributed by atoms with van der Waals surface area (Å²) in [7, 11) is -1.49. The van der Waals surface area contributed by atoms with Crippen LogP contribution in [0.25, 0.3) is 0 Å². The van der Waals surface area contributed by atoms with Gasteiger partial charge in [-0.1, -0.05) is 26.2 Å². The molecule has 2 atom stereocenters. The number of guanidine groups is 1. The van der Waals surface area contributed by atoms with Gasteiger partial charge in [0.1, 0.15) is 0 Å². The fraction of sp³-hybridized carbons (Fsp3) is 0.938. The largest absolute Gasteiger partial charge is 0.356 e. The van der Waals surface area contributed by atoms with Crippen LogP contribution in [0, 0.1) is 11.8 Å². The van der Waals surface area contributed by atoms with Gasteiger partial charge in [-0.15, -0.1) is 0 Å². The van der Waals surface area contributed by atoms with Crippen LogP contribution in [0.15, 0.2) is 4.99 Å². The highest BCUT2D eigenvalue weighted by molar-refractivity contribution is 7.88. The van der Waals surface area contributed by atoms with E-state index in [1.807, 2.05) is 13.8 Å². The molecule has 1 aliphatic rings. The lowest BCUT2D eigenvalue weighted by atomic mass is 9.81. The zero-order valence-corrected chi connectivity index (χ0v) is 16.1. The van der Waals surface area contributed by atoms with Crippen molar-refractivity contribution in [2.24, 2.45) is 16.8 Å². The number of aliphatic imine (C=N–C) groups is 1. The van der Waals surface area contributed by atoms with Gasteiger partial charge in [0, 0.05) is 25.7 Å². The van der Waals surface area contributed by atoms with Gasteiger partial charge in [-0.2, -0.15) is 0 Å². The van der Waals surface area contributed by atoms with Crippen LogP contribution in [0.2, 0.25) is 0 Å². The Bertz CT molecular complexity index is 488. The van der Waals surface area contributed by atoms with Crippen LogP contribution in [0.5, 0.6) is 0 Å². The third-order valence-electron chi connectivity index (χ3n) is 4.27. The summed E-state index contributed by atoms with van der Waals surface area (Å²) < 4.78 is 25.3. The van der Waals surface area contributed by atoms with Gasteiger partial charge in [-0.25, -0.2) is 13.1 Å². The van der Waals surface area contributed by atoms with E-state index in [4.69, 9.17) is 0 Å². The molecule has 1 fully saturated rings. The number of nitrogens with zero attached hydrogens (tertiary/aromatic N) is 1. The number of sulfonamides is 1. The number of rotatable bonds is 7. The Hall–Kier alpha value is -0.820. The molecule has 3 N–H and O–H groups in total. The Kier molecular flexibility index (Phi) is 7.80. The van der Waals surface area contributed by atoms with Gasteiger partial charge in [-0.05, 0) is 38.5 Å². The molecule has 0 aromatic heterocycles. The van der Waals surface area contributed by atoms with E-state index < -0.39 is 15.6 Å². The average Bonchev–Trinajstić information content (AvgIpc) is 2.40. The molecule has 0 aromatic rings. The minimum absolute atomic E-state index is 0.472. The van der Waals surface area contributed by atoms with Crippen molar-refractivity contribution in [1.82, 2.24) is 15.4 Å². The summed E-state index contributed by atoms with van der Waals surface area (Å²) in [5.41, 5.74) is -0.565. The van der Waals surface area contributed by atoms with Crippen molar-refractivity contribution in [2.75, 3.05) is 26.4 Å². The van der Waals surface area contributed by atoms with Gasteiger partial charge >= 0.3 is 0 Å². The molecule has 136 valence electrons. The van der Waals surface area contributed by atoms with Gasteiger partial charge in [0.25, 0.3) is 0 Å². The Morgan fingerprint density at radius 1 is 1.26 bits per heavy atom. The van der Waals surface area contributed by atoms with E-state index in [0.717, 1.165) is 30.8 Å². The number of hydrogen-bond donors (Lipinski definition) is 3. The highest BCUT2D eigenvalue weighted by Crippen LogP contribution is 2.30. The second-order valence-corrected chi connectivity index (χ2v) is 9.29. The van der Waals surface area contributed by atoms with E-state index in [9.17, 15) is 8.42 Å². The first-order chi connectivity index (χ1) is 10.6. The van der Waals surface area contributed by atoms with Crippen LogP contribution < -0.4 is 15.4 Å². The second-order valence-electron chi connectivity index (χ2n) is 7.54. The lowest BCUT2D eigenvalue weighted by Crippen LogP contribution is -2.53. The summed E-state index contributed by atoms with van der Waals surface area (Å²) in [4.78, 5) is 4.20. The first-order valence-electron chi connectivity index (χ1n) is 8.55. The summed E-state index contributed by atoms with van der Waals surface area (Å²) in [5.74, 6) is 2.39. The predicted molar refractivity (Wildman–Crippen MR) is 97.2 cm³/mol. The summed E-state index contributed by atoms with van der Waals surface area (Å²) in [5, 5.41) is 6.52. The minimum Gasteiger partial charge on any atom is -0.356 e. The van der Waals surface area contributed by atoms with Crippen molar-refractivity contribution in [3.05, 3.63) is 0 Å². The van der Waals surface area contributed by atoms with Crippen LogP contribution in [-0.4, -0.2) is 46.3 Å². The summed E-state index contributed by atoms with van der Waals surface area (Å²) in [6, 6.07) is 0. The van der Waals surface area contributed by atoms with Crippen LogP contribution >= 0.6 is 0 Å². The molecule has 1 rings (SSSR count). The van der Waals surface area contributed by atoms with Crippen molar-refractivity contribution >= 4 is 16.0 Å². The SMILES string of the molecule is CN=C(NCCC1CCCC(C)C1)NCC(C)(C)NS(C)(=O)=O. The van der Waals surface area contributed by atoms with E-state index in [0.29, 0.717) is 6.54 Å². The third-order valence-corrected chi connectivity index (χ3v) is 5.20. The molecule has 7 heteroatoms. The van der Waals surface area contributed by atoms with E-state index in [1.165, 1.54) is 31.9 Å². The number of nitrogens with one attached hydrogen (secondary N) is 3. The number of hydrogen-bond acceptors (Lipinski definition) is 3. The molecule has 0 saturated heterocycles. The molecule has 6 nitrogen and oxygen atoms in total. The van der Waals surface area contributed by atoms with Crippen LogP contribution in [0.1, 0.15) is 52.9 Å². The molecule has 0 aromatic carbocycles. The fourth-order valence-corrected chi connectivity index (χ4v) is 4.36. The molecule has 23 heavy (non-hydrogen) atoms. The average molecular weight is 347 g/mol. The molecule has 0 bridgehead atoms. The van der Waals surface area contributed by atoms with Crippen molar-refractivity contribution in [3.63, 3.8) is 0 Å². The molecule has 1 saturated carbocycles. The summed E-state index contributed by atoms with van der Waals surface area (Å²) >= 11 is 0. The van der Waals surface area contributed by atoms with Gasteiger partial charge in [0.15, 0.2) is 5.96 Å². The molecular formula is C16H34N4O2S. The molecule has 0 aliphatic heterocycles. The maximum Gasteiger partial charge on any atom is 0.209 e. The minimum atomic E-state index is -3.22. The molecular weight excluding hydrogens is 312 g/mol. The van der Waals surface area contributed by atoms with E-state index in [-0.39, 0.29) is 0 Å². The van der Waals surface area contributed by atoms with E-state index in [2.05, 4.69) is 27.3 Å². The quantitative estimate of drug-likeness (QED) is 0.484. The first kappa shape index (κ1) is 20.2. The Labute approximate surface area is 142 Å². The molecule has 0 spiro atoms. The third kappa shape index (κ3) is 9.15. The Morgan fingerprint density at radius 3 is 2.52 bits per heavy atom. The van der Waals surface area contributed by atoms with Gasteiger partial charge < -0.3 is 10.6 Å². The zero-order valence-electron chi connectivity index (χ0n) is 15.3. The maximum absolute atomic E-state index is 11.3. The molecule has 0 amide bonds. The topological polar surface area (TPSA) is 82.6 Å². The van der Waals surface area contributed by atoms with E-state index in [1.54, 1.807) is 7.05 Å².